The molecule has 0 aliphatic rings. The zero-order valence-corrected chi connectivity index (χ0v) is 13.6. The van der Waals surface area contributed by atoms with Crippen LogP contribution in [-0.4, -0.2) is 51.2 Å². The van der Waals surface area contributed by atoms with Crippen LogP contribution in [0.2, 0.25) is 0 Å². The largest absolute Gasteiger partial charge is 0.492 e. The minimum absolute atomic E-state index is 0.689. The lowest BCUT2D eigenvalue weighted by Gasteiger charge is -2.19. The Hall–Kier alpha value is -1.75. The van der Waals surface area contributed by atoms with Crippen LogP contribution in [0.3, 0.4) is 0 Å². The molecule has 1 aromatic rings. The second-order valence-corrected chi connectivity index (χ2v) is 4.66. The lowest BCUT2D eigenvalue weighted by atomic mass is 10.2. The number of para-hydroxylation sites is 1. The Balaban J connectivity index is 2.54. The number of guanidine groups is 1. The Labute approximate surface area is 128 Å². The number of benzene rings is 1. The molecule has 0 amide bonds. The van der Waals surface area contributed by atoms with Crippen LogP contribution in [-0.2, 0) is 6.54 Å². The van der Waals surface area contributed by atoms with Gasteiger partial charge < -0.3 is 20.3 Å². The molecule has 0 bridgehead atoms. The average molecular weight is 292 g/mol. The van der Waals surface area contributed by atoms with E-state index in [4.69, 9.17) is 4.74 Å². The highest BCUT2D eigenvalue weighted by atomic mass is 16.5. The van der Waals surface area contributed by atoms with Crippen molar-refractivity contribution in [3.8, 4) is 5.75 Å². The summed E-state index contributed by atoms with van der Waals surface area (Å²) in [5.74, 6) is 1.71. The van der Waals surface area contributed by atoms with Gasteiger partial charge in [0, 0.05) is 32.7 Å². The molecular formula is C16H28N4O. The zero-order chi connectivity index (χ0) is 15.5. The van der Waals surface area contributed by atoms with Gasteiger partial charge in [-0.25, -0.2) is 0 Å². The van der Waals surface area contributed by atoms with Gasteiger partial charge in [-0.15, -0.1) is 0 Å². The maximum absolute atomic E-state index is 5.93. The van der Waals surface area contributed by atoms with E-state index in [9.17, 15) is 0 Å². The number of likely N-dealkylation sites (N-methyl/N-ethyl adjacent to an activating group) is 1. The molecule has 5 nitrogen and oxygen atoms in total. The Kier molecular flexibility index (Phi) is 8.28. The molecule has 0 aromatic heterocycles. The lowest BCUT2D eigenvalue weighted by Crippen LogP contribution is -2.34. The van der Waals surface area contributed by atoms with Gasteiger partial charge in [-0.3, -0.25) is 4.99 Å². The minimum Gasteiger partial charge on any atom is -0.492 e. The van der Waals surface area contributed by atoms with Crippen LogP contribution >= 0.6 is 0 Å². The molecule has 0 spiro atoms. The summed E-state index contributed by atoms with van der Waals surface area (Å²) >= 11 is 0. The van der Waals surface area contributed by atoms with E-state index in [1.54, 1.807) is 7.05 Å². The molecule has 0 atom stereocenters. The normalized spacial score (nSPS) is 11.6. The lowest BCUT2D eigenvalue weighted by molar-refractivity contribution is 0.221. The summed E-state index contributed by atoms with van der Waals surface area (Å²) < 4.78 is 5.93. The van der Waals surface area contributed by atoms with Crippen molar-refractivity contribution < 1.29 is 4.74 Å². The first-order valence-electron chi connectivity index (χ1n) is 7.56. The van der Waals surface area contributed by atoms with Gasteiger partial charge in [-0.2, -0.15) is 0 Å². The molecule has 0 saturated heterocycles. The fourth-order valence-electron chi connectivity index (χ4n) is 2.07. The van der Waals surface area contributed by atoms with Crippen LogP contribution in [0.4, 0.5) is 0 Å². The van der Waals surface area contributed by atoms with Crippen LogP contribution in [0.5, 0.6) is 5.75 Å². The molecule has 0 aliphatic heterocycles. The molecule has 0 fully saturated rings. The maximum Gasteiger partial charge on any atom is 0.190 e. The Bertz CT molecular complexity index is 430. The second-order valence-electron chi connectivity index (χ2n) is 4.66. The highest BCUT2D eigenvalue weighted by molar-refractivity contribution is 5.79. The molecule has 118 valence electrons. The SMILES string of the molecule is CCN(CC)CCOc1ccccc1CNC(=NC)NC. The molecule has 1 aromatic carbocycles. The highest BCUT2D eigenvalue weighted by Crippen LogP contribution is 2.17. The van der Waals surface area contributed by atoms with Gasteiger partial charge in [0.15, 0.2) is 5.96 Å². The number of rotatable bonds is 8. The summed E-state index contributed by atoms with van der Waals surface area (Å²) in [6.07, 6.45) is 0. The van der Waals surface area contributed by atoms with Crippen LogP contribution in [0.25, 0.3) is 0 Å². The quantitative estimate of drug-likeness (QED) is 0.565. The van der Waals surface area contributed by atoms with Crippen LogP contribution < -0.4 is 15.4 Å². The predicted molar refractivity (Wildman–Crippen MR) is 89.0 cm³/mol. The summed E-state index contributed by atoms with van der Waals surface area (Å²) in [4.78, 5) is 6.46. The number of hydrogen-bond donors (Lipinski definition) is 2. The van der Waals surface area contributed by atoms with Gasteiger partial charge in [0.05, 0.1) is 0 Å². The molecule has 0 saturated carbocycles. The summed E-state index contributed by atoms with van der Waals surface area (Å²) in [7, 11) is 3.60. The van der Waals surface area contributed by atoms with E-state index in [1.807, 2.05) is 25.2 Å². The molecule has 0 unspecified atom stereocenters. The first-order chi connectivity index (χ1) is 10.2. The summed E-state index contributed by atoms with van der Waals surface area (Å²) in [6, 6.07) is 8.11. The Morgan fingerprint density at radius 1 is 1.24 bits per heavy atom. The number of nitrogens with zero attached hydrogens (tertiary/aromatic N) is 2. The van der Waals surface area contributed by atoms with Gasteiger partial charge in [-0.1, -0.05) is 32.0 Å². The number of ether oxygens (including phenoxy) is 1. The van der Waals surface area contributed by atoms with E-state index in [2.05, 4.69) is 40.4 Å². The number of hydrogen-bond acceptors (Lipinski definition) is 3. The van der Waals surface area contributed by atoms with Crippen LogP contribution in [0, 0.1) is 0 Å². The Morgan fingerprint density at radius 2 is 1.95 bits per heavy atom. The van der Waals surface area contributed by atoms with Crippen LogP contribution in [0.1, 0.15) is 19.4 Å². The fourth-order valence-corrected chi connectivity index (χ4v) is 2.07. The monoisotopic (exact) mass is 292 g/mol. The maximum atomic E-state index is 5.93. The first kappa shape index (κ1) is 17.3. The molecule has 1 rings (SSSR count). The van der Waals surface area contributed by atoms with Crippen molar-refractivity contribution in [2.24, 2.45) is 4.99 Å². The van der Waals surface area contributed by atoms with Crippen molar-refractivity contribution >= 4 is 5.96 Å². The van der Waals surface area contributed by atoms with Crippen molar-refractivity contribution in [2.45, 2.75) is 20.4 Å². The standard InChI is InChI=1S/C16H28N4O/c1-5-20(6-2)11-12-21-15-10-8-7-9-14(15)13-19-16(17-3)18-4/h7-10H,5-6,11-13H2,1-4H3,(H2,17,18,19). The van der Waals surface area contributed by atoms with Crippen molar-refractivity contribution in [3.05, 3.63) is 29.8 Å². The van der Waals surface area contributed by atoms with Crippen molar-refractivity contribution in [3.63, 3.8) is 0 Å². The predicted octanol–water partition coefficient (Wildman–Crippen LogP) is 1.70. The zero-order valence-electron chi connectivity index (χ0n) is 13.6. The smallest absolute Gasteiger partial charge is 0.190 e. The van der Waals surface area contributed by atoms with Gasteiger partial charge >= 0.3 is 0 Å². The molecule has 0 heterocycles. The van der Waals surface area contributed by atoms with Gasteiger partial charge in [0.25, 0.3) is 0 Å². The van der Waals surface area contributed by atoms with Crippen molar-refractivity contribution in [2.75, 3.05) is 40.3 Å². The molecular weight excluding hydrogens is 264 g/mol. The third-order valence-corrected chi connectivity index (χ3v) is 3.44. The first-order valence-corrected chi connectivity index (χ1v) is 7.56. The molecule has 0 aliphatic carbocycles. The molecule has 0 radical (unpaired) electrons. The molecule has 2 N–H and O–H groups in total. The Morgan fingerprint density at radius 3 is 2.57 bits per heavy atom. The minimum atomic E-state index is 0.689. The van der Waals surface area contributed by atoms with Gasteiger partial charge in [-0.05, 0) is 19.2 Å². The van der Waals surface area contributed by atoms with E-state index < -0.39 is 0 Å². The summed E-state index contributed by atoms with van der Waals surface area (Å²) in [5, 5.41) is 6.25. The van der Waals surface area contributed by atoms with Gasteiger partial charge in [0.2, 0.25) is 0 Å². The topological polar surface area (TPSA) is 48.9 Å². The van der Waals surface area contributed by atoms with Crippen molar-refractivity contribution in [1.29, 1.82) is 0 Å². The summed E-state index contributed by atoms with van der Waals surface area (Å²) in [5.41, 5.74) is 1.13. The van der Waals surface area contributed by atoms with E-state index in [0.717, 1.165) is 36.9 Å². The van der Waals surface area contributed by atoms with Gasteiger partial charge in [0.1, 0.15) is 12.4 Å². The van der Waals surface area contributed by atoms with E-state index >= 15 is 0 Å². The molecule has 21 heavy (non-hydrogen) atoms. The second kappa shape index (κ2) is 10.0. The van der Waals surface area contributed by atoms with Crippen LogP contribution in [0.15, 0.2) is 29.3 Å². The van der Waals surface area contributed by atoms with E-state index in [0.29, 0.717) is 13.2 Å². The summed E-state index contributed by atoms with van der Waals surface area (Å²) in [6.45, 7) is 8.81. The highest BCUT2D eigenvalue weighted by Gasteiger charge is 2.05. The third-order valence-electron chi connectivity index (χ3n) is 3.44. The van der Waals surface area contributed by atoms with Crippen molar-refractivity contribution in [1.82, 2.24) is 15.5 Å². The van der Waals surface area contributed by atoms with E-state index in [-0.39, 0.29) is 0 Å². The fraction of sp³-hybridized carbons (Fsp3) is 0.562. The number of nitrogens with one attached hydrogen (secondary N) is 2. The molecule has 5 heteroatoms. The van der Waals surface area contributed by atoms with E-state index in [1.165, 1.54) is 0 Å². The third kappa shape index (κ3) is 6.04. The average Bonchev–Trinajstić information content (AvgIpc) is 2.53. The number of aliphatic imine (C=N–C) groups is 1.